The number of aryl methyl sites for hydroxylation is 1. The smallest absolute Gasteiger partial charge is 0.253 e. The predicted molar refractivity (Wildman–Crippen MR) is 81.6 cm³/mol. The topological polar surface area (TPSA) is 40.5 Å². The van der Waals surface area contributed by atoms with Crippen LogP contribution < -0.4 is 0 Å². The quantitative estimate of drug-likeness (QED) is 0.856. The molecule has 0 unspecified atom stereocenters. The van der Waals surface area contributed by atoms with E-state index in [1.54, 1.807) is 4.90 Å². The zero-order chi connectivity index (χ0) is 15.1. The fourth-order valence-electron chi connectivity index (χ4n) is 1.99. The van der Waals surface area contributed by atoms with Crippen LogP contribution >= 0.6 is 0 Å². The molecule has 0 saturated heterocycles. The molecule has 0 aliphatic carbocycles. The summed E-state index contributed by atoms with van der Waals surface area (Å²) in [7, 11) is 1.83. The highest BCUT2D eigenvalue weighted by atomic mass is 16.2. The zero-order valence-corrected chi connectivity index (χ0v) is 12.7. The number of nitrogens with zero attached hydrogens (tertiary/aromatic N) is 1. The van der Waals surface area contributed by atoms with E-state index in [4.69, 9.17) is 5.11 Å². The number of carbonyl (C=O) groups excluding carboxylic acids is 1. The molecule has 1 rings (SSSR count). The zero-order valence-electron chi connectivity index (χ0n) is 12.7. The van der Waals surface area contributed by atoms with Gasteiger partial charge in [0.25, 0.3) is 5.91 Å². The normalized spacial score (nSPS) is 10.1. The summed E-state index contributed by atoms with van der Waals surface area (Å²) in [5.41, 5.74) is 2.47. The van der Waals surface area contributed by atoms with Crippen LogP contribution in [0, 0.1) is 24.7 Å². The van der Waals surface area contributed by atoms with Crippen LogP contribution in [0.2, 0.25) is 0 Å². The maximum atomic E-state index is 12.4. The average Bonchev–Trinajstić information content (AvgIpc) is 2.39. The molecule has 108 valence electrons. The van der Waals surface area contributed by atoms with E-state index < -0.39 is 0 Å². The number of rotatable bonds is 4. The van der Waals surface area contributed by atoms with Crippen molar-refractivity contribution in [1.29, 1.82) is 0 Å². The van der Waals surface area contributed by atoms with E-state index in [1.807, 2.05) is 32.2 Å². The van der Waals surface area contributed by atoms with E-state index in [1.165, 1.54) is 0 Å². The number of aliphatic hydroxyl groups excluding tert-OH is 1. The van der Waals surface area contributed by atoms with E-state index in [-0.39, 0.29) is 12.5 Å². The molecule has 1 aromatic rings. The molecule has 3 heteroatoms. The molecule has 1 amide bonds. The third-order valence-corrected chi connectivity index (χ3v) is 2.92. The van der Waals surface area contributed by atoms with Crippen molar-refractivity contribution in [2.75, 3.05) is 20.2 Å². The van der Waals surface area contributed by atoms with Crippen LogP contribution in [-0.2, 0) is 0 Å². The standard InChI is InChI=1S/C17H23NO2/c1-13(2)12-18(4)17(20)16-11-15(7-5-6-10-19)9-8-14(16)3/h8-9,11,13,19H,6,10,12H2,1-4H3. The number of carbonyl (C=O) groups is 1. The van der Waals surface area contributed by atoms with Crippen molar-refractivity contribution in [3.8, 4) is 11.8 Å². The van der Waals surface area contributed by atoms with Gasteiger partial charge in [0.1, 0.15) is 0 Å². The first-order chi connectivity index (χ1) is 9.45. The van der Waals surface area contributed by atoms with Gasteiger partial charge in [-0.3, -0.25) is 4.79 Å². The molecule has 0 aromatic heterocycles. The van der Waals surface area contributed by atoms with E-state index in [9.17, 15) is 4.79 Å². The lowest BCUT2D eigenvalue weighted by Gasteiger charge is -2.20. The SMILES string of the molecule is Cc1ccc(C#CCCO)cc1C(=O)N(C)CC(C)C. The minimum Gasteiger partial charge on any atom is -0.395 e. The van der Waals surface area contributed by atoms with Gasteiger partial charge in [-0.1, -0.05) is 31.8 Å². The van der Waals surface area contributed by atoms with Crippen LogP contribution in [0.25, 0.3) is 0 Å². The molecular formula is C17H23NO2. The van der Waals surface area contributed by atoms with E-state index in [0.717, 1.165) is 17.7 Å². The highest BCUT2D eigenvalue weighted by Gasteiger charge is 2.15. The highest BCUT2D eigenvalue weighted by molar-refractivity contribution is 5.95. The maximum Gasteiger partial charge on any atom is 0.253 e. The fourth-order valence-corrected chi connectivity index (χ4v) is 1.99. The second-order valence-corrected chi connectivity index (χ2v) is 5.38. The Balaban J connectivity index is 2.97. The van der Waals surface area contributed by atoms with Crippen molar-refractivity contribution < 1.29 is 9.90 Å². The van der Waals surface area contributed by atoms with Gasteiger partial charge in [-0.25, -0.2) is 0 Å². The largest absolute Gasteiger partial charge is 0.395 e. The Morgan fingerprint density at radius 2 is 2.10 bits per heavy atom. The lowest BCUT2D eigenvalue weighted by Crippen LogP contribution is -2.30. The first kappa shape index (κ1) is 16.3. The molecule has 0 radical (unpaired) electrons. The van der Waals surface area contributed by atoms with E-state index in [0.29, 0.717) is 17.9 Å². The minimum atomic E-state index is 0.0296. The van der Waals surface area contributed by atoms with Gasteiger partial charge < -0.3 is 10.0 Å². The Labute approximate surface area is 121 Å². The lowest BCUT2D eigenvalue weighted by atomic mass is 10.0. The number of hydrogen-bond acceptors (Lipinski definition) is 2. The van der Waals surface area contributed by atoms with Crippen molar-refractivity contribution >= 4 is 5.91 Å². The molecule has 0 fully saturated rings. The van der Waals surface area contributed by atoms with E-state index >= 15 is 0 Å². The van der Waals surface area contributed by atoms with Crippen LogP contribution in [0.4, 0.5) is 0 Å². The van der Waals surface area contributed by atoms with Crippen molar-refractivity contribution in [3.63, 3.8) is 0 Å². The third kappa shape index (κ3) is 4.71. The van der Waals surface area contributed by atoms with Gasteiger partial charge in [0.15, 0.2) is 0 Å². The van der Waals surface area contributed by atoms with Crippen molar-refractivity contribution in [2.24, 2.45) is 5.92 Å². The van der Waals surface area contributed by atoms with E-state index in [2.05, 4.69) is 25.7 Å². The Morgan fingerprint density at radius 3 is 2.70 bits per heavy atom. The molecule has 0 aliphatic heterocycles. The Morgan fingerprint density at radius 1 is 1.40 bits per heavy atom. The van der Waals surface area contributed by atoms with Crippen molar-refractivity contribution in [2.45, 2.75) is 27.2 Å². The summed E-state index contributed by atoms with van der Waals surface area (Å²) in [4.78, 5) is 14.2. The van der Waals surface area contributed by atoms with Crippen LogP contribution in [0.15, 0.2) is 18.2 Å². The molecule has 0 bridgehead atoms. The summed E-state index contributed by atoms with van der Waals surface area (Å²) >= 11 is 0. The summed E-state index contributed by atoms with van der Waals surface area (Å²) in [6, 6.07) is 5.65. The first-order valence-electron chi connectivity index (χ1n) is 6.91. The fraction of sp³-hybridized carbons (Fsp3) is 0.471. The van der Waals surface area contributed by atoms with Gasteiger partial charge in [-0.15, -0.1) is 0 Å². The third-order valence-electron chi connectivity index (χ3n) is 2.92. The maximum absolute atomic E-state index is 12.4. The summed E-state index contributed by atoms with van der Waals surface area (Å²) in [6.45, 7) is 6.91. The van der Waals surface area contributed by atoms with Crippen molar-refractivity contribution in [1.82, 2.24) is 4.90 Å². The molecule has 0 atom stereocenters. The van der Waals surface area contributed by atoms with Crippen molar-refractivity contribution in [3.05, 3.63) is 34.9 Å². The van der Waals surface area contributed by atoms with Crippen LogP contribution in [0.1, 0.15) is 41.8 Å². The number of aliphatic hydroxyl groups is 1. The molecule has 1 N–H and O–H groups in total. The molecule has 0 heterocycles. The number of benzene rings is 1. The summed E-state index contributed by atoms with van der Waals surface area (Å²) in [6.07, 6.45) is 0.449. The molecule has 0 saturated carbocycles. The van der Waals surface area contributed by atoms with Crippen LogP contribution in [0.5, 0.6) is 0 Å². The van der Waals surface area contributed by atoms with Gasteiger partial charge in [0, 0.05) is 31.1 Å². The molecule has 0 spiro atoms. The lowest BCUT2D eigenvalue weighted by molar-refractivity contribution is 0.0778. The molecule has 1 aromatic carbocycles. The molecule has 0 aliphatic rings. The predicted octanol–water partition coefficient (Wildman–Crippen LogP) is 2.46. The molecular weight excluding hydrogens is 250 g/mol. The Bertz CT molecular complexity index is 524. The summed E-state index contributed by atoms with van der Waals surface area (Å²) in [5.74, 6) is 6.31. The first-order valence-corrected chi connectivity index (χ1v) is 6.91. The second-order valence-electron chi connectivity index (χ2n) is 5.38. The van der Waals surface area contributed by atoms with Crippen LogP contribution in [-0.4, -0.2) is 36.1 Å². The number of amides is 1. The van der Waals surface area contributed by atoms with Gasteiger partial charge in [-0.2, -0.15) is 0 Å². The van der Waals surface area contributed by atoms with Gasteiger partial charge in [0.05, 0.1) is 6.61 Å². The molecule has 3 nitrogen and oxygen atoms in total. The van der Waals surface area contributed by atoms with Gasteiger partial charge in [-0.05, 0) is 30.5 Å². The second kappa shape index (κ2) is 7.72. The summed E-state index contributed by atoms with van der Waals surface area (Å²) in [5, 5.41) is 8.72. The minimum absolute atomic E-state index is 0.0296. The average molecular weight is 273 g/mol. The van der Waals surface area contributed by atoms with Crippen LogP contribution in [0.3, 0.4) is 0 Å². The summed E-state index contributed by atoms with van der Waals surface area (Å²) < 4.78 is 0. The molecule has 20 heavy (non-hydrogen) atoms. The number of hydrogen-bond donors (Lipinski definition) is 1. The highest BCUT2D eigenvalue weighted by Crippen LogP contribution is 2.13. The Kier molecular flexibility index (Phi) is 6.27. The monoisotopic (exact) mass is 273 g/mol. The van der Waals surface area contributed by atoms with Gasteiger partial charge >= 0.3 is 0 Å². The van der Waals surface area contributed by atoms with Gasteiger partial charge in [0.2, 0.25) is 0 Å². The Hall–Kier alpha value is -1.79.